The number of rotatable bonds is 6. The van der Waals surface area contributed by atoms with Crippen molar-refractivity contribution >= 4 is 11.8 Å². The number of ether oxygens (including phenoxy) is 2. The molecule has 0 saturated carbocycles. The van der Waals surface area contributed by atoms with Crippen molar-refractivity contribution in [2.45, 2.75) is 10.9 Å². The van der Waals surface area contributed by atoms with Crippen molar-refractivity contribution in [3.8, 4) is 22.9 Å². The Bertz CT molecular complexity index is 863. The van der Waals surface area contributed by atoms with Crippen LogP contribution in [-0.2, 0) is 5.75 Å². The number of hydrogen-bond acceptors (Lipinski definition) is 6. The summed E-state index contributed by atoms with van der Waals surface area (Å²) in [5.41, 5.74) is 1.30. The lowest BCUT2D eigenvalue weighted by Gasteiger charge is -2.08. The van der Waals surface area contributed by atoms with E-state index < -0.39 is 0 Å². The number of thioether (sulfide) groups is 1. The maximum atomic E-state index is 13.7. The van der Waals surface area contributed by atoms with Gasteiger partial charge in [0.1, 0.15) is 17.3 Å². The van der Waals surface area contributed by atoms with Gasteiger partial charge in [-0.3, -0.25) is 0 Å². The predicted molar refractivity (Wildman–Crippen MR) is 94.7 cm³/mol. The van der Waals surface area contributed by atoms with E-state index in [2.05, 4.69) is 10.2 Å². The van der Waals surface area contributed by atoms with Gasteiger partial charge in [0.05, 0.1) is 14.2 Å². The summed E-state index contributed by atoms with van der Waals surface area (Å²) in [7, 11) is 3.14. The minimum atomic E-state index is -0.254. The molecule has 3 rings (SSSR count). The van der Waals surface area contributed by atoms with Crippen LogP contribution in [0.4, 0.5) is 4.39 Å². The monoisotopic (exact) mass is 360 g/mol. The highest BCUT2D eigenvalue weighted by molar-refractivity contribution is 7.98. The zero-order valence-corrected chi connectivity index (χ0v) is 14.6. The molecule has 8 heteroatoms. The SMILES string of the molecule is COc1cc(OC)cc(-c2nnc(SCc3ccccc3F)n2N)c1. The van der Waals surface area contributed by atoms with Crippen LogP contribution in [0.2, 0.25) is 0 Å². The second kappa shape index (κ2) is 7.43. The van der Waals surface area contributed by atoms with Crippen molar-refractivity contribution < 1.29 is 13.9 Å². The molecule has 0 fully saturated rings. The van der Waals surface area contributed by atoms with Crippen LogP contribution < -0.4 is 15.3 Å². The lowest BCUT2D eigenvalue weighted by Crippen LogP contribution is -2.11. The average molecular weight is 360 g/mol. The molecule has 2 aromatic carbocycles. The second-order valence-electron chi connectivity index (χ2n) is 5.16. The molecular weight excluding hydrogens is 343 g/mol. The van der Waals surface area contributed by atoms with E-state index in [1.807, 2.05) is 0 Å². The first kappa shape index (κ1) is 17.1. The first-order chi connectivity index (χ1) is 12.1. The van der Waals surface area contributed by atoms with Crippen LogP contribution in [0.1, 0.15) is 5.56 Å². The Balaban J connectivity index is 1.85. The second-order valence-corrected chi connectivity index (χ2v) is 6.10. The van der Waals surface area contributed by atoms with Crippen LogP contribution in [0.3, 0.4) is 0 Å². The van der Waals surface area contributed by atoms with Gasteiger partial charge in [-0.15, -0.1) is 10.2 Å². The molecule has 0 aliphatic rings. The Morgan fingerprint density at radius 3 is 2.40 bits per heavy atom. The van der Waals surface area contributed by atoms with Gasteiger partial charge >= 0.3 is 0 Å². The largest absolute Gasteiger partial charge is 0.497 e. The fourth-order valence-corrected chi connectivity index (χ4v) is 3.11. The van der Waals surface area contributed by atoms with E-state index in [9.17, 15) is 4.39 Å². The highest BCUT2D eigenvalue weighted by Gasteiger charge is 2.15. The summed E-state index contributed by atoms with van der Waals surface area (Å²) in [5.74, 6) is 7.98. The van der Waals surface area contributed by atoms with Crippen molar-refractivity contribution in [3.05, 3.63) is 53.8 Å². The van der Waals surface area contributed by atoms with Gasteiger partial charge in [-0.1, -0.05) is 30.0 Å². The zero-order valence-electron chi connectivity index (χ0n) is 13.8. The van der Waals surface area contributed by atoms with Crippen LogP contribution in [0, 0.1) is 5.82 Å². The lowest BCUT2D eigenvalue weighted by atomic mass is 10.2. The van der Waals surface area contributed by atoms with E-state index in [4.69, 9.17) is 15.3 Å². The van der Waals surface area contributed by atoms with Gasteiger partial charge in [-0.25, -0.2) is 9.07 Å². The summed E-state index contributed by atoms with van der Waals surface area (Å²) >= 11 is 1.31. The van der Waals surface area contributed by atoms with Gasteiger partial charge in [0, 0.05) is 17.4 Å². The van der Waals surface area contributed by atoms with Gasteiger partial charge in [0.15, 0.2) is 5.82 Å². The summed E-state index contributed by atoms with van der Waals surface area (Å²) in [4.78, 5) is 0. The Labute approximate surface area is 148 Å². The lowest BCUT2D eigenvalue weighted by molar-refractivity contribution is 0.394. The third kappa shape index (κ3) is 3.69. The van der Waals surface area contributed by atoms with Gasteiger partial charge in [0.2, 0.25) is 5.16 Å². The van der Waals surface area contributed by atoms with Crippen molar-refractivity contribution in [1.29, 1.82) is 0 Å². The van der Waals surface area contributed by atoms with Crippen molar-refractivity contribution in [2.75, 3.05) is 20.1 Å². The van der Waals surface area contributed by atoms with Gasteiger partial charge in [-0.2, -0.15) is 0 Å². The van der Waals surface area contributed by atoms with Crippen LogP contribution >= 0.6 is 11.8 Å². The molecule has 0 spiro atoms. The molecule has 25 heavy (non-hydrogen) atoms. The van der Waals surface area contributed by atoms with Crippen molar-refractivity contribution in [3.63, 3.8) is 0 Å². The maximum Gasteiger partial charge on any atom is 0.210 e. The van der Waals surface area contributed by atoms with E-state index >= 15 is 0 Å². The van der Waals surface area contributed by atoms with Crippen LogP contribution in [0.5, 0.6) is 11.5 Å². The van der Waals surface area contributed by atoms with E-state index in [0.29, 0.717) is 39.4 Å². The molecular formula is C17H17FN4O2S. The fourth-order valence-electron chi connectivity index (χ4n) is 2.27. The quantitative estimate of drug-likeness (QED) is 0.538. The van der Waals surface area contributed by atoms with Crippen molar-refractivity contribution in [2.24, 2.45) is 0 Å². The highest BCUT2D eigenvalue weighted by atomic mass is 32.2. The van der Waals surface area contributed by atoms with E-state index in [0.717, 1.165) is 0 Å². The molecule has 0 atom stereocenters. The first-order valence-electron chi connectivity index (χ1n) is 7.42. The smallest absolute Gasteiger partial charge is 0.210 e. The molecule has 1 aromatic heterocycles. The van der Waals surface area contributed by atoms with Gasteiger partial charge < -0.3 is 15.3 Å². The molecule has 0 unspecified atom stereocenters. The third-order valence-corrected chi connectivity index (χ3v) is 4.58. The Hall–Kier alpha value is -2.74. The normalized spacial score (nSPS) is 10.7. The Morgan fingerprint density at radius 1 is 1.08 bits per heavy atom. The molecule has 0 aliphatic carbocycles. The Morgan fingerprint density at radius 2 is 1.76 bits per heavy atom. The number of benzene rings is 2. The number of aromatic nitrogens is 3. The van der Waals surface area contributed by atoms with Crippen LogP contribution in [-0.4, -0.2) is 29.1 Å². The molecule has 1 heterocycles. The summed E-state index contributed by atoms with van der Waals surface area (Å²) < 4.78 is 25.6. The molecule has 2 N–H and O–H groups in total. The first-order valence-corrected chi connectivity index (χ1v) is 8.41. The molecule has 0 aliphatic heterocycles. The minimum Gasteiger partial charge on any atom is -0.497 e. The standard InChI is InChI=1S/C17H17FN4O2S/c1-23-13-7-12(8-14(9-13)24-2)16-20-21-17(22(16)19)25-10-11-5-3-4-6-15(11)18/h3-9H,10,19H2,1-2H3. The maximum absolute atomic E-state index is 13.7. The predicted octanol–water partition coefficient (Wildman–Crippen LogP) is 3.11. The van der Waals surface area contributed by atoms with E-state index in [1.54, 1.807) is 50.6 Å². The molecule has 130 valence electrons. The molecule has 6 nitrogen and oxygen atoms in total. The highest BCUT2D eigenvalue weighted by Crippen LogP contribution is 2.30. The summed E-state index contributed by atoms with van der Waals surface area (Å²) in [6, 6.07) is 11.9. The summed E-state index contributed by atoms with van der Waals surface area (Å²) in [6.45, 7) is 0. The molecule has 3 aromatic rings. The molecule has 0 amide bonds. The number of methoxy groups -OCH3 is 2. The molecule has 0 radical (unpaired) electrons. The molecule has 0 saturated heterocycles. The van der Waals surface area contributed by atoms with Gasteiger partial charge in [0.25, 0.3) is 0 Å². The summed E-state index contributed by atoms with van der Waals surface area (Å²) in [5, 5.41) is 8.71. The number of nitrogen functional groups attached to an aromatic ring is 1. The fraction of sp³-hybridized carbons (Fsp3) is 0.176. The minimum absolute atomic E-state index is 0.254. The van der Waals surface area contributed by atoms with Gasteiger partial charge in [-0.05, 0) is 23.8 Å². The van der Waals surface area contributed by atoms with E-state index in [1.165, 1.54) is 22.5 Å². The summed E-state index contributed by atoms with van der Waals surface area (Å²) in [6.07, 6.45) is 0. The number of nitrogens with two attached hydrogens (primary N) is 1. The van der Waals surface area contributed by atoms with E-state index in [-0.39, 0.29) is 5.82 Å². The zero-order chi connectivity index (χ0) is 17.8. The van der Waals surface area contributed by atoms with Crippen LogP contribution in [0.15, 0.2) is 47.6 Å². The topological polar surface area (TPSA) is 75.2 Å². The Kier molecular flexibility index (Phi) is 5.08. The number of nitrogens with zero attached hydrogens (tertiary/aromatic N) is 3. The number of halogens is 1. The number of hydrogen-bond donors (Lipinski definition) is 1. The third-order valence-electron chi connectivity index (χ3n) is 3.59. The average Bonchev–Trinajstić information content (AvgIpc) is 3.01. The van der Waals surface area contributed by atoms with Crippen molar-refractivity contribution in [1.82, 2.24) is 14.9 Å². The molecule has 0 bridgehead atoms. The van der Waals surface area contributed by atoms with Crippen LogP contribution in [0.25, 0.3) is 11.4 Å².